The second-order valence-corrected chi connectivity index (χ2v) is 6.91. The maximum absolute atomic E-state index is 12.3. The van der Waals surface area contributed by atoms with E-state index in [2.05, 4.69) is 5.32 Å². The van der Waals surface area contributed by atoms with Gasteiger partial charge >= 0.3 is 0 Å². The van der Waals surface area contributed by atoms with Crippen LogP contribution in [0.1, 0.15) is 15.9 Å². The summed E-state index contributed by atoms with van der Waals surface area (Å²) >= 11 is 11.9. The van der Waals surface area contributed by atoms with Crippen LogP contribution in [0.15, 0.2) is 42.5 Å². The van der Waals surface area contributed by atoms with E-state index in [4.69, 9.17) is 42.1 Å². The van der Waals surface area contributed by atoms with Gasteiger partial charge in [-0.2, -0.15) is 0 Å². The molecule has 1 atom stereocenters. The number of alkyl halides is 2. The number of benzene rings is 2. The highest BCUT2D eigenvalue weighted by molar-refractivity contribution is 6.44. The first-order chi connectivity index (χ1) is 13.5. The Balaban J connectivity index is 2.00. The molecular weight excluding hydrogens is 405 g/mol. The van der Waals surface area contributed by atoms with Gasteiger partial charge in [-0.15, -0.1) is 23.2 Å². The smallest absolute Gasteiger partial charge is 0.253 e. The molecule has 8 heteroatoms. The van der Waals surface area contributed by atoms with Gasteiger partial charge in [0.25, 0.3) is 5.91 Å². The lowest BCUT2D eigenvalue weighted by molar-refractivity contribution is 0.0367. The Morgan fingerprint density at radius 2 is 1.61 bits per heavy atom. The minimum absolute atomic E-state index is 0.272. The van der Waals surface area contributed by atoms with E-state index in [-0.39, 0.29) is 12.5 Å². The minimum atomic E-state index is -0.924. The van der Waals surface area contributed by atoms with Crippen molar-refractivity contribution >= 4 is 29.1 Å². The van der Waals surface area contributed by atoms with Gasteiger partial charge in [-0.3, -0.25) is 4.79 Å². The number of amides is 1. The number of hydrogen-bond acceptors (Lipinski definition) is 5. The number of hydrogen-bond donors (Lipinski definition) is 1. The van der Waals surface area contributed by atoms with Crippen LogP contribution in [0.4, 0.5) is 0 Å². The first-order valence-electron chi connectivity index (χ1n) is 8.54. The molecule has 0 radical (unpaired) electrons. The second-order valence-electron chi connectivity index (χ2n) is 5.75. The molecule has 0 spiro atoms. The fourth-order valence-corrected chi connectivity index (χ4v) is 2.83. The monoisotopic (exact) mass is 427 g/mol. The molecule has 152 valence electrons. The number of methoxy groups -OCH3 is 3. The number of rotatable bonds is 10. The average molecular weight is 428 g/mol. The van der Waals surface area contributed by atoms with Crippen LogP contribution in [0.5, 0.6) is 17.2 Å². The van der Waals surface area contributed by atoms with Crippen molar-refractivity contribution in [1.29, 1.82) is 0 Å². The van der Waals surface area contributed by atoms with Crippen LogP contribution >= 0.6 is 23.2 Å². The third-order valence-corrected chi connectivity index (χ3v) is 4.41. The fourth-order valence-electron chi connectivity index (χ4n) is 2.56. The molecule has 6 nitrogen and oxygen atoms in total. The zero-order valence-electron chi connectivity index (χ0n) is 15.9. The van der Waals surface area contributed by atoms with Crippen molar-refractivity contribution < 1.29 is 23.7 Å². The Labute approximate surface area is 174 Å². The number of nitrogens with one attached hydrogen (secondary N) is 1. The van der Waals surface area contributed by atoms with Crippen molar-refractivity contribution in [3.05, 3.63) is 53.6 Å². The number of carbonyl (C=O) groups excluding carboxylic acids is 1. The van der Waals surface area contributed by atoms with E-state index >= 15 is 0 Å². The average Bonchev–Trinajstić information content (AvgIpc) is 2.72. The van der Waals surface area contributed by atoms with Crippen LogP contribution in [0.25, 0.3) is 0 Å². The summed E-state index contributed by atoms with van der Waals surface area (Å²) in [5, 5.41) is 2.69. The summed E-state index contributed by atoms with van der Waals surface area (Å²) < 4.78 is 21.7. The number of halogens is 2. The molecule has 2 aromatic rings. The molecule has 0 aliphatic rings. The minimum Gasteiger partial charge on any atom is -0.493 e. The van der Waals surface area contributed by atoms with Gasteiger partial charge in [0, 0.05) is 5.56 Å². The maximum Gasteiger partial charge on any atom is 0.253 e. The summed E-state index contributed by atoms with van der Waals surface area (Å²) in [6.07, 6.45) is -0.326. The number of ether oxygens (including phenoxy) is 4. The van der Waals surface area contributed by atoms with Crippen molar-refractivity contribution in [2.45, 2.75) is 17.5 Å². The molecule has 0 saturated heterocycles. The second kappa shape index (κ2) is 11.0. The van der Waals surface area contributed by atoms with E-state index in [0.717, 1.165) is 5.56 Å². The predicted molar refractivity (Wildman–Crippen MR) is 109 cm³/mol. The van der Waals surface area contributed by atoms with Crippen molar-refractivity contribution in [3.63, 3.8) is 0 Å². The van der Waals surface area contributed by atoms with Crippen LogP contribution in [0.3, 0.4) is 0 Å². The van der Waals surface area contributed by atoms with Crippen molar-refractivity contribution in [3.8, 4) is 17.2 Å². The predicted octanol–water partition coefficient (Wildman–Crippen LogP) is 3.83. The van der Waals surface area contributed by atoms with E-state index in [9.17, 15) is 4.79 Å². The summed E-state index contributed by atoms with van der Waals surface area (Å²) in [7, 11) is 4.65. The zero-order valence-corrected chi connectivity index (χ0v) is 17.4. The molecule has 28 heavy (non-hydrogen) atoms. The molecule has 0 aliphatic heterocycles. The summed E-state index contributed by atoms with van der Waals surface area (Å²) in [4.78, 5) is 11.4. The lowest BCUT2D eigenvalue weighted by Crippen LogP contribution is -2.41. The largest absolute Gasteiger partial charge is 0.493 e. The molecule has 0 fully saturated rings. The number of carbonyl (C=O) groups is 1. The van der Waals surface area contributed by atoms with E-state index in [0.29, 0.717) is 29.2 Å². The Kier molecular flexibility index (Phi) is 8.70. The highest BCUT2D eigenvalue weighted by atomic mass is 35.5. The van der Waals surface area contributed by atoms with Crippen molar-refractivity contribution in [1.82, 2.24) is 5.32 Å². The Morgan fingerprint density at radius 1 is 1.00 bits per heavy atom. The zero-order chi connectivity index (χ0) is 20.5. The maximum atomic E-state index is 12.3. The van der Waals surface area contributed by atoms with Crippen LogP contribution in [-0.2, 0) is 11.2 Å². The first-order valence-corrected chi connectivity index (χ1v) is 9.42. The summed E-state index contributed by atoms with van der Waals surface area (Å²) in [5.41, 5.74) is 1.40. The molecule has 1 amide bonds. The van der Waals surface area contributed by atoms with Gasteiger partial charge in [-0.05, 0) is 36.2 Å². The standard InChI is InChI=1S/C20H23Cl2NO5/c1-25-15-11-13(12-16(26-2)17(15)27-3)9-10-28-20(18(21)22)23-19(24)14-7-5-4-6-8-14/h4-8,11-12,18,20H,9-10H2,1-3H3,(H,23,24). The molecular formula is C20H23Cl2NO5. The molecule has 1 N–H and O–H groups in total. The van der Waals surface area contributed by atoms with Gasteiger partial charge in [0.2, 0.25) is 5.75 Å². The highest BCUT2D eigenvalue weighted by Gasteiger charge is 2.21. The van der Waals surface area contributed by atoms with Gasteiger partial charge in [0.05, 0.1) is 27.9 Å². The Morgan fingerprint density at radius 3 is 2.11 bits per heavy atom. The Bertz CT molecular complexity index is 745. The van der Waals surface area contributed by atoms with Gasteiger partial charge in [0.1, 0.15) is 0 Å². The van der Waals surface area contributed by atoms with Crippen molar-refractivity contribution in [2.24, 2.45) is 0 Å². The third kappa shape index (κ3) is 5.92. The van der Waals surface area contributed by atoms with Gasteiger partial charge < -0.3 is 24.3 Å². The van der Waals surface area contributed by atoms with Crippen LogP contribution in [-0.4, -0.2) is 44.9 Å². The highest BCUT2D eigenvalue weighted by Crippen LogP contribution is 2.38. The van der Waals surface area contributed by atoms with Crippen LogP contribution in [0.2, 0.25) is 0 Å². The molecule has 0 bridgehead atoms. The van der Waals surface area contributed by atoms with E-state index in [1.807, 2.05) is 18.2 Å². The Hall–Kier alpha value is -2.15. The summed E-state index contributed by atoms with van der Waals surface area (Å²) in [6.45, 7) is 0.272. The molecule has 0 saturated carbocycles. The van der Waals surface area contributed by atoms with Crippen LogP contribution < -0.4 is 19.5 Å². The fraction of sp³-hybridized carbons (Fsp3) is 0.350. The van der Waals surface area contributed by atoms with E-state index in [1.165, 1.54) is 0 Å². The molecule has 2 rings (SSSR count). The van der Waals surface area contributed by atoms with Gasteiger partial charge in [0.15, 0.2) is 22.6 Å². The first kappa shape index (κ1) is 22.1. The quantitative estimate of drug-likeness (QED) is 0.460. The molecule has 0 aromatic heterocycles. The SMILES string of the molecule is COc1cc(CCOC(NC(=O)c2ccccc2)C(Cl)Cl)cc(OC)c1OC. The molecule has 1 unspecified atom stereocenters. The molecule has 2 aromatic carbocycles. The van der Waals surface area contributed by atoms with Gasteiger partial charge in [-0.25, -0.2) is 0 Å². The van der Waals surface area contributed by atoms with Crippen LogP contribution in [0, 0.1) is 0 Å². The van der Waals surface area contributed by atoms with E-state index < -0.39 is 11.1 Å². The lowest BCUT2D eigenvalue weighted by Gasteiger charge is -2.21. The molecule has 0 aliphatic carbocycles. The van der Waals surface area contributed by atoms with Gasteiger partial charge in [-0.1, -0.05) is 18.2 Å². The van der Waals surface area contributed by atoms with Crippen molar-refractivity contribution in [2.75, 3.05) is 27.9 Å². The lowest BCUT2D eigenvalue weighted by atomic mass is 10.1. The third-order valence-electron chi connectivity index (χ3n) is 3.95. The summed E-state index contributed by atoms with van der Waals surface area (Å²) in [5.74, 6) is 1.31. The molecule has 0 heterocycles. The van der Waals surface area contributed by atoms with E-state index in [1.54, 1.807) is 45.6 Å². The normalized spacial score (nSPS) is 11.8. The summed E-state index contributed by atoms with van der Waals surface area (Å²) in [6, 6.07) is 12.4. The topological polar surface area (TPSA) is 66.0 Å².